The van der Waals surface area contributed by atoms with Crippen LogP contribution >= 0.6 is 0 Å². The normalized spacial score (nSPS) is 20.7. The van der Waals surface area contributed by atoms with Crippen molar-refractivity contribution in [2.75, 3.05) is 0 Å². The maximum atomic E-state index is 12.8. The number of fused-ring (bicyclic) bond motifs is 2. The van der Waals surface area contributed by atoms with Gasteiger partial charge >= 0.3 is 0 Å². The number of ketones is 1. The minimum Gasteiger partial charge on any atom is -0.293 e. The summed E-state index contributed by atoms with van der Waals surface area (Å²) >= 11 is 0. The molecule has 0 fully saturated rings. The van der Waals surface area contributed by atoms with Gasteiger partial charge in [0.1, 0.15) is 0 Å². The van der Waals surface area contributed by atoms with Crippen LogP contribution in [0.15, 0.2) is 60.8 Å². The van der Waals surface area contributed by atoms with Gasteiger partial charge in [-0.15, -0.1) is 0 Å². The number of carbonyl (C=O) groups is 1. The summed E-state index contributed by atoms with van der Waals surface area (Å²) < 4.78 is 0. The second kappa shape index (κ2) is 4.26. The Morgan fingerprint density at radius 3 is 2.76 bits per heavy atom. The van der Waals surface area contributed by atoms with E-state index in [0.717, 1.165) is 34.0 Å². The molecule has 0 radical (unpaired) electrons. The van der Waals surface area contributed by atoms with Gasteiger partial charge in [0.25, 0.3) is 0 Å². The fourth-order valence-electron chi connectivity index (χ4n) is 3.31. The molecule has 1 aliphatic rings. The highest BCUT2D eigenvalue weighted by Gasteiger charge is 2.42. The smallest absolute Gasteiger partial charge is 0.173 e. The van der Waals surface area contributed by atoms with Crippen molar-refractivity contribution in [2.45, 2.75) is 18.8 Å². The van der Waals surface area contributed by atoms with Crippen molar-refractivity contribution >= 4 is 16.7 Å². The first kappa shape index (κ1) is 12.3. The molecule has 0 N–H and O–H groups in total. The molecule has 0 spiro atoms. The van der Waals surface area contributed by atoms with E-state index in [4.69, 9.17) is 0 Å². The molecule has 0 amide bonds. The van der Waals surface area contributed by atoms with Gasteiger partial charge in [0.2, 0.25) is 0 Å². The first-order valence-electron chi connectivity index (χ1n) is 7.16. The summed E-state index contributed by atoms with van der Waals surface area (Å²) in [6.45, 7) is 2.05. The minimum atomic E-state index is -0.465. The van der Waals surface area contributed by atoms with E-state index >= 15 is 0 Å². The predicted molar refractivity (Wildman–Crippen MR) is 83.6 cm³/mol. The molecule has 2 nitrogen and oxygen atoms in total. The van der Waals surface area contributed by atoms with Crippen molar-refractivity contribution < 1.29 is 4.79 Å². The molecule has 4 rings (SSSR count). The third-order valence-electron chi connectivity index (χ3n) is 4.55. The van der Waals surface area contributed by atoms with Gasteiger partial charge in [0, 0.05) is 17.1 Å². The fourth-order valence-corrected chi connectivity index (χ4v) is 3.31. The van der Waals surface area contributed by atoms with E-state index in [0.29, 0.717) is 0 Å². The average molecular weight is 273 g/mol. The van der Waals surface area contributed by atoms with E-state index in [9.17, 15) is 4.79 Å². The van der Waals surface area contributed by atoms with E-state index in [1.807, 2.05) is 49.4 Å². The zero-order valence-electron chi connectivity index (χ0n) is 11.8. The molecule has 0 saturated heterocycles. The highest BCUT2D eigenvalue weighted by atomic mass is 16.1. The number of rotatable bonds is 1. The Bertz CT molecular complexity index is 868. The van der Waals surface area contributed by atoms with Gasteiger partial charge in [-0.3, -0.25) is 9.78 Å². The molecule has 1 heterocycles. The predicted octanol–water partition coefficient (Wildman–Crippen LogP) is 3.93. The summed E-state index contributed by atoms with van der Waals surface area (Å²) in [5.74, 6) is 0.223. The molecule has 1 aliphatic carbocycles. The Balaban J connectivity index is 1.87. The molecule has 0 saturated carbocycles. The van der Waals surface area contributed by atoms with Gasteiger partial charge in [-0.05, 0) is 42.7 Å². The Morgan fingerprint density at radius 1 is 1.05 bits per heavy atom. The van der Waals surface area contributed by atoms with Gasteiger partial charge in [-0.25, -0.2) is 0 Å². The molecule has 1 aromatic heterocycles. The van der Waals surface area contributed by atoms with Crippen molar-refractivity contribution in [2.24, 2.45) is 0 Å². The van der Waals surface area contributed by atoms with E-state index in [2.05, 4.69) is 17.1 Å². The largest absolute Gasteiger partial charge is 0.293 e. The Labute approximate surface area is 123 Å². The van der Waals surface area contributed by atoms with Crippen LogP contribution in [0, 0.1) is 0 Å². The molecule has 3 aromatic rings. The number of carbonyl (C=O) groups excluding carboxylic acids is 1. The van der Waals surface area contributed by atoms with Crippen LogP contribution in [0.2, 0.25) is 0 Å². The zero-order valence-corrected chi connectivity index (χ0v) is 11.8. The van der Waals surface area contributed by atoms with Crippen LogP contribution in [0.4, 0.5) is 0 Å². The highest BCUT2D eigenvalue weighted by Crippen LogP contribution is 2.40. The topological polar surface area (TPSA) is 30.0 Å². The lowest BCUT2D eigenvalue weighted by Gasteiger charge is -2.23. The van der Waals surface area contributed by atoms with Crippen LogP contribution in [0.5, 0.6) is 0 Å². The zero-order chi connectivity index (χ0) is 14.4. The first-order chi connectivity index (χ1) is 10.2. The van der Waals surface area contributed by atoms with Gasteiger partial charge in [0.05, 0.1) is 10.9 Å². The number of nitrogens with zero attached hydrogens (tertiary/aromatic N) is 1. The van der Waals surface area contributed by atoms with Crippen LogP contribution < -0.4 is 0 Å². The van der Waals surface area contributed by atoms with Crippen LogP contribution in [0.3, 0.4) is 0 Å². The molecule has 102 valence electrons. The summed E-state index contributed by atoms with van der Waals surface area (Å²) in [7, 11) is 0. The van der Waals surface area contributed by atoms with E-state index in [-0.39, 0.29) is 5.78 Å². The van der Waals surface area contributed by atoms with Gasteiger partial charge in [-0.2, -0.15) is 0 Å². The summed E-state index contributed by atoms with van der Waals surface area (Å²) in [4.78, 5) is 17.2. The number of benzene rings is 2. The van der Waals surface area contributed by atoms with E-state index < -0.39 is 5.41 Å². The number of aromatic nitrogens is 1. The number of hydrogen-bond donors (Lipinski definition) is 0. The molecular weight excluding hydrogens is 258 g/mol. The Morgan fingerprint density at radius 2 is 1.90 bits per heavy atom. The molecule has 21 heavy (non-hydrogen) atoms. The standard InChI is InChI=1S/C19H15NO/c1-19(12-14-5-2-3-7-16(14)18(19)21)15-8-9-17-13(11-15)6-4-10-20-17/h2-11H,12H2,1H3/t19-/m0/s1. The van der Waals surface area contributed by atoms with Crippen LogP contribution in [0.1, 0.15) is 28.4 Å². The van der Waals surface area contributed by atoms with Crippen LogP contribution in [-0.2, 0) is 11.8 Å². The Hall–Kier alpha value is -2.48. The van der Waals surface area contributed by atoms with Crippen molar-refractivity contribution in [3.8, 4) is 0 Å². The quantitative estimate of drug-likeness (QED) is 0.672. The molecule has 1 atom stereocenters. The van der Waals surface area contributed by atoms with Crippen LogP contribution in [0.25, 0.3) is 10.9 Å². The van der Waals surface area contributed by atoms with E-state index in [1.54, 1.807) is 6.20 Å². The lowest BCUT2D eigenvalue weighted by Crippen LogP contribution is -2.29. The lowest BCUT2D eigenvalue weighted by atomic mass is 9.78. The van der Waals surface area contributed by atoms with Crippen molar-refractivity contribution in [1.82, 2.24) is 4.98 Å². The van der Waals surface area contributed by atoms with E-state index in [1.165, 1.54) is 0 Å². The molecular formula is C19H15NO. The fraction of sp³-hybridized carbons (Fsp3) is 0.158. The SMILES string of the molecule is C[C@@]1(c2ccc3ncccc3c2)Cc2ccccc2C1=O. The Kier molecular flexibility index (Phi) is 2.49. The third-order valence-corrected chi connectivity index (χ3v) is 4.55. The second-order valence-electron chi connectivity index (χ2n) is 5.91. The van der Waals surface area contributed by atoms with Crippen molar-refractivity contribution in [3.05, 3.63) is 77.5 Å². The average Bonchev–Trinajstić information content (AvgIpc) is 2.80. The van der Waals surface area contributed by atoms with Crippen molar-refractivity contribution in [3.63, 3.8) is 0 Å². The van der Waals surface area contributed by atoms with Gasteiger partial charge in [0.15, 0.2) is 5.78 Å². The first-order valence-corrected chi connectivity index (χ1v) is 7.16. The molecule has 2 aromatic carbocycles. The molecule has 2 heteroatoms. The highest BCUT2D eigenvalue weighted by molar-refractivity contribution is 6.08. The monoisotopic (exact) mass is 273 g/mol. The molecule has 0 aliphatic heterocycles. The van der Waals surface area contributed by atoms with Crippen molar-refractivity contribution in [1.29, 1.82) is 0 Å². The van der Waals surface area contributed by atoms with Crippen LogP contribution in [-0.4, -0.2) is 10.8 Å². The van der Waals surface area contributed by atoms with Gasteiger partial charge < -0.3 is 0 Å². The minimum absolute atomic E-state index is 0.223. The maximum Gasteiger partial charge on any atom is 0.173 e. The molecule has 0 unspecified atom stereocenters. The third kappa shape index (κ3) is 1.72. The lowest BCUT2D eigenvalue weighted by molar-refractivity contribution is 0.0915. The summed E-state index contributed by atoms with van der Waals surface area (Å²) in [6, 6.07) is 18.1. The summed E-state index contributed by atoms with van der Waals surface area (Å²) in [5, 5.41) is 1.08. The van der Waals surface area contributed by atoms with Gasteiger partial charge in [-0.1, -0.05) is 36.4 Å². The number of hydrogen-bond acceptors (Lipinski definition) is 2. The maximum absolute atomic E-state index is 12.8. The molecule has 0 bridgehead atoms. The second-order valence-corrected chi connectivity index (χ2v) is 5.91. The number of Topliss-reactive ketones (excluding diaryl/α,β-unsaturated/α-hetero) is 1. The summed E-state index contributed by atoms with van der Waals surface area (Å²) in [5.41, 5.74) is 3.59. The number of pyridine rings is 1. The summed E-state index contributed by atoms with van der Waals surface area (Å²) in [6.07, 6.45) is 2.56.